The Labute approximate surface area is 113 Å². The highest BCUT2D eigenvalue weighted by molar-refractivity contribution is 9.09. The Morgan fingerprint density at radius 2 is 2.11 bits per heavy atom. The fourth-order valence-electron chi connectivity index (χ4n) is 1.59. The van der Waals surface area contributed by atoms with E-state index in [0.717, 1.165) is 0 Å². The van der Waals surface area contributed by atoms with Crippen LogP contribution in [0.25, 0.3) is 0 Å². The number of carbonyl (C=O) groups is 2. The van der Waals surface area contributed by atoms with Crippen molar-refractivity contribution in [3.8, 4) is 5.75 Å². The van der Waals surface area contributed by atoms with Crippen molar-refractivity contribution < 1.29 is 24.5 Å². The molecule has 1 unspecified atom stereocenters. The SMILES string of the molecule is COc1cccc(C(O)C(=O)O)c1C(=O)CCBr. The number of halogens is 1. The summed E-state index contributed by atoms with van der Waals surface area (Å²) in [5.41, 5.74) is 0.169. The molecule has 0 saturated carbocycles. The first-order valence-electron chi connectivity index (χ1n) is 5.19. The Kier molecular flexibility index (Phi) is 5.30. The van der Waals surface area contributed by atoms with Gasteiger partial charge in [-0.15, -0.1) is 0 Å². The molecule has 0 aliphatic heterocycles. The second-order valence-corrected chi connectivity index (χ2v) is 4.32. The maximum atomic E-state index is 12.0. The molecular formula is C12H13BrO5. The van der Waals surface area contributed by atoms with Crippen LogP contribution in [0.5, 0.6) is 5.75 Å². The number of carboxylic acids is 1. The van der Waals surface area contributed by atoms with Gasteiger partial charge in [0.05, 0.1) is 12.7 Å². The largest absolute Gasteiger partial charge is 0.496 e. The van der Waals surface area contributed by atoms with E-state index in [9.17, 15) is 14.7 Å². The van der Waals surface area contributed by atoms with Crippen molar-refractivity contribution in [3.63, 3.8) is 0 Å². The molecule has 18 heavy (non-hydrogen) atoms. The number of carbonyl (C=O) groups excluding carboxylic acids is 1. The molecule has 0 aliphatic rings. The summed E-state index contributed by atoms with van der Waals surface area (Å²) in [4.78, 5) is 22.8. The second-order valence-electron chi connectivity index (χ2n) is 3.53. The monoisotopic (exact) mass is 316 g/mol. The van der Waals surface area contributed by atoms with Gasteiger partial charge in [0.2, 0.25) is 0 Å². The predicted octanol–water partition coefficient (Wildman–Crippen LogP) is 1.78. The molecule has 1 aromatic rings. The fourth-order valence-corrected chi connectivity index (χ4v) is 1.95. The molecule has 0 heterocycles. The van der Waals surface area contributed by atoms with Gasteiger partial charge in [0.25, 0.3) is 0 Å². The highest BCUT2D eigenvalue weighted by Crippen LogP contribution is 2.28. The molecule has 0 saturated heterocycles. The van der Waals surface area contributed by atoms with Crippen molar-refractivity contribution in [3.05, 3.63) is 29.3 Å². The molecule has 6 heteroatoms. The third kappa shape index (κ3) is 3.08. The van der Waals surface area contributed by atoms with Gasteiger partial charge in [-0.2, -0.15) is 0 Å². The number of ether oxygens (including phenoxy) is 1. The Bertz CT molecular complexity index is 458. The molecule has 1 atom stereocenters. The standard InChI is InChI=1S/C12H13BrO5/c1-18-9-4-2-3-7(11(15)12(16)17)10(9)8(14)5-6-13/h2-4,11,15H,5-6H2,1H3,(H,16,17). The lowest BCUT2D eigenvalue weighted by Crippen LogP contribution is -2.16. The molecule has 0 radical (unpaired) electrons. The summed E-state index contributed by atoms with van der Waals surface area (Å²) < 4.78 is 5.04. The average molecular weight is 317 g/mol. The fraction of sp³-hybridized carbons (Fsp3) is 0.333. The van der Waals surface area contributed by atoms with Gasteiger partial charge in [-0.1, -0.05) is 28.1 Å². The van der Waals surface area contributed by atoms with Crippen LogP contribution in [0.3, 0.4) is 0 Å². The molecule has 0 aliphatic carbocycles. The molecule has 98 valence electrons. The number of aliphatic carboxylic acids is 1. The number of hydrogen-bond donors (Lipinski definition) is 2. The average Bonchev–Trinajstić information content (AvgIpc) is 2.36. The van der Waals surface area contributed by atoms with Crippen LogP contribution in [-0.4, -0.2) is 34.4 Å². The summed E-state index contributed by atoms with van der Waals surface area (Å²) in [6, 6.07) is 4.49. The van der Waals surface area contributed by atoms with E-state index in [2.05, 4.69) is 15.9 Å². The lowest BCUT2D eigenvalue weighted by atomic mass is 9.97. The number of aliphatic hydroxyl groups is 1. The molecule has 1 aromatic carbocycles. The number of ketones is 1. The van der Waals surface area contributed by atoms with Crippen LogP contribution < -0.4 is 4.74 Å². The summed E-state index contributed by atoms with van der Waals surface area (Å²) in [6.07, 6.45) is -1.55. The summed E-state index contributed by atoms with van der Waals surface area (Å²) in [5, 5.41) is 18.9. The first kappa shape index (κ1) is 14.7. The van der Waals surface area contributed by atoms with E-state index in [4.69, 9.17) is 9.84 Å². The van der Waals surface area contributed by atoms with Crippen LogP contribution in [-0.2, 0) is 4.79 Å². The summed E-state index contributed by atoms with van der Waals surface area (Å²) >= 11 is 3.14. The van der Waals surface area contributed by atoms with Gasteiger partial charge in [0.15, 0.2) is 11.9 Å². The summed E-state index contributed by atoms with van der Waals surface area (Å²) in [6.45, 7) is 0. The minimum Gasteiger partial charge on any atom is -0.496 e. The van der Waals surface area contributed by atoms with Gasteiger partial charge in [-0.3, -0.25) is 4.79 Å². The molecule has 5 nitrogen and oxygen atoms in total. The zero-order valence-corrected chi connectivity index (χ0v) is 11.3. The van der Waals surface area contributed by atoms with E-state index >= 15 is 0 Å². The molecule has 0 fully saturated rings. The van der Waals surface area contributed by atoms with Crippen LogP contribution in [0.2, 0.25) is 0 Å². The van der Waals surface area contributed by atoms with Crippen molar-refractivity contribution in [1.82, 2.24) is 0 Å². The van der Waals surface area contributed by atoms with E-state index in [1.807, 2.05) is 0 Å². The number of alkyl halides is 1. The minimum absolute atomic E-state index is 0.0489. The Balaban J connectivity index is 3.33. The van der Waals surface area contributed by atoms with E-state index in [1.165, 1.54) is 19.2 Å². The zero-order chi connectivity index (χ0) is 13.7. The van der Waals surface area contributed by atoms with Gasteiger partial charge in [0, 0.05) is 17.3 Å². The van der Waals surface area contributed by atoms with Gasteiger partial charge in [-0.25, -0.2) is 4.79 Å². The number of methoxy groups -OCH3 is 1. The molecule has 0 spiro atoms. The quantitative estimate of drug-likeness (QED) is 0.617. The predicted molar refractivity (Wildman–Crippen MR) is 68.3 cm³/mol. The van der Waals surface area contributed by atoms with Crippen molar-refractivity contribution in [2.45, 2.75) is 12.5 Å². The van der Waals surface area contributed by atoms with E-state index < -0.39 is 12.1 Å². The highest BCUT2D eigenvalue weighted by Gasteiger charge is 2.25. The van der Waals surface area contributed by atoms with Crippen LogP contribution in [0.1, 0.15) is 28.4 Å². The molecule has 0 amide bonds. The third-order valence-corrected chi connectivity index (χ3v) is 2.80. The summed E-state index contributed by atoms with van der Waals surface area (Å²) in [7, 11) is 1.39. The molecular weight excluding hydrogens is 304 g/mol. The number of rotatable bonds is 6. The molecule has 1 rings (SSSR count). The van der Waals surface area contributed by atoms with Crippen molar-refractivity contribution in [2.24, 2.45) is 0 Å². The van der Waals surface area contributed by atoms with Crippen LogP contribution >= 0.6 is 15.9 Å². The second kappa shape index (κ2) is 6.51. The number of hydrogen-bond acceptors (Lipinski definition) is 4. The van der Waals surface area contributed by atoms with Crippen LogP contribution in [0.15, 0.2) is 18.2 Å². The van der Waals surface area contributed by atoms with Gasteiger partial charge in [-0.05, 0) is 6.07 Å². The smallest absolute Gasteiger partial charge is 0.337 e. The normalized spacial score (nSPS) is 11.9. The first-order chi connectivity index (χ1) is 8.52. The van der Waals surface area contributed by atoms with E-state index in [-0.39, 0.29) is 29.1 Å². The van der Waals surface area contributed by atoms with E-state index in [1.54, 1.807) is 6.07 Å². The third-order valence-electron chi connectivity index (χ3n) is 2.41. The Hall–Kier alpha value is -1.40. The van der Waals surface area contributed by atoms with Gasteiger partial charge >= 0.3 is 5.97 Å². The van der Waals surface area contributed by atoms with Gasteiger partial charge < -0.3 is 14.9 Å². The number of aliphatic hydroxyl groups excluding tert-OH is 1. The lowest BCUT2D eigenvalue weighted by molar-refractivity contribution is -0.146. The Morgan fingerprint density at radius 3 is 2.61 bits per heavy atom. The number of carboxylic acid groups (broad SMARTS) is 1. The van der Waals surface area contributed by atoms with Gasteiger partial charge in [0.1, 0.15) is 5.75 Å². The molecule has 0 aromatic heterocycles. The Morgan fingerprint density at radius 1 is 1.44 bits per heavy atom. The maximum Gasteiger partial charge on any atom is 0.337 e. The maximum absolute atomic E-state index is 12.0. The summed E-state index contributed by atoms with van der Waals surface area (Å²) in [5.74, 6) is -1.42. The topological polar surface area (TPSA) is 83.8 Å². The number of Topliss-reactive ketones (excluding diaryl/α,β-unsaturated/α-hetero) is 1. The van der Waals surface area contributed by atoms with E-state index in [0.29, 0.717) is 5.33 Å². The number of benzene rings is 1. The van der Waals surface area contributed by atoms with Crippen molar-refractivity contribution in [2.75, 3.05) is 12.4 Å². The highest BCUT2D eigenvalue weighted by atomic mass is 79.9. The lowest BCUT2D eigenvalue weighted by Gasteiger charge is -2.14. The molecule has 2 N–H and O–H groups in total. The first-order valence-corrected chi connectivity index (χ1v) is 6.32. The van der Waals surface area contributed by atoms with Crippen LogP contribution in [0.4, 0.5) is 0 Å². The minimum atomic E-state index is -1.74. The van der Waals surface area contributed by atoms with Crippen molar-refractivity contribution >= 4 is 27.7 Å². The molecule has 0 bridgehead atoms. The zero-order valence-electron chi connectivity index (χ0n) is 9.72. The van der Waals surface area contributed by atoms with Crippen LogP contribution in [0, 0.1) is 0 Å². The van der Waals surface area contributed by atoms with Crippen molar-refractivity contribution in [1.29, 1.82) is 0 Å².